The standard InChI is InChI=1S/C17H18N4S/c22-17-18-15-8-4-5-9-16(15)20-12-10-19(11-13-21(17)20)14-6-2-1-3-7-14/h1-9H,10-13H2,(H,18,22). The molecule has 2 aliphatic rings. The highest BCUT2D eigenvalue weighted by atomic mass is 32.1. The Morgan fingerprint density at radius 2 is 1.45 bits per heavy atom. The Labute approximate surface area is 135 Å². The summed E-state index contributed by atoms with van der Waals surface area (Å²) in [5.74, 6) is 0. The number of hydrazine groups is 1. The molecule has 0 saturated carbocycles. The molecule has 2 aromatic carbocycles. The largest absolute Gasteiger partial charge is 0.368 e. The molecule has 0 unspecified atom stereocenters. The molecule has 0 atom stereocenters. The summed E-state index contributed by atoms with van der Waals surface area (Å²) in [5.41, 5.74) is 3.57. The van der Waals surface area contributed by atoms with Crippen molar-refractivity contribution in [3.05, 3.63) is 54.6 Å². The lowest BCUT2D eigenvalue weighted by atomic mass is 10.2. The van der Waals surface area contributed by atoms with Crippen molar-refractivity contribution >= 4 is 34.4 Å². The van der Waals surface area contributed by atoms with Crippen LogP contribution < -0.4 is 15.2 Å². The van der Waals surface area contributed by atoms with Gasteiger partial charge in [-0.3, -0.25) is 10.0 Å². The van der Waals surface area contributed by atoms with Crippen LogP contribution in [0, 0.1) is 0 Å². The highest BCUT2D eigenvalue weighted by Gasteiger charge is 2.29. The molecule has 0 bridgehead atoms. The second kappa shape index (κ2) is 5.50. The quantitative estimate of drug-likeness (QED) is 0.815. The van der Waals surface area contributed by atoms with Crippen molar-refractivity contribution in [1.29, 1.82) is 0 Å². The first-order valence-electron chi connectivity index (χ1n) is 7.58. The summed E-state index contributed by atoms with van der Waals surface area (Å²) in [6.45, 7) is 3.75. The van der Waals surface area contributed by atoms with Crippen molar-refractivity contribution in [1.82, 2.24) is 5.01 Å². The van der Waals surface area contributed by atoms with E-state index in [0.29, 0.717) is 0 Å². The summed E-state index contributed by atoms with van der Waals surface area (Å²) in [7, 11) is 0. The van der Waals surface area contributed by atoms with Crippen molar-refractivity contribution in [2.45, 2.75) is 0 Å². The van der Waals surface area contributed by atoms with Crippen molar-refractivity contribution in [3.8, 4) is 0 Å². The van der Waals surface area contributed by atoms with Crippen LogP contribution in [0.5, 0.6) is 0 Å². The molecular formula is C17H18N4S. The van der Waals surface area contributed by atoms with E-state index < -0.39 is 0 Å². The number of hydrogen-bond acceptors (Lipinski definition) is 3. The van der Waals surface area contributed by atoms with Gasteiger partial charge in [0.25, 0.3) is 0 Å². The van der Waals surface area contributed by atoms with E-state index in [1.54, 1.807) is 0 Å². The van der Waals surface area contributed by atoms with E-state index in [-0.39, 0.29) is 0 Å². The fraction of sp³-hybridized carbons (Fsp3) is 0.235. The fourth-order valence-corrected chi connectivity index (χ4v) is 3.43. The average Bonchev–Trinajstić information content (AvgIpc) is 2.79. The lowest BCUT2D eigenvalue weighted by molar-refractivity contribution is 0.416. The smallest absolute Gasteiger partial charge is 0.192 e. The van der Waals surface area contributed by atoms with Gasteiger partial charge >= 0.3 is 0 Å². The lowest BCUT2D eigenvalue weighted by Gasteiger charge is -2.41. The van der Waals surface area contributed by atoms with E-state index in [2.05, 4.69) is 68.8 Å². The molecular weight excluding hydrogens is 292 g/mol. The van der Waals surface area contributed by atoms with Crippen molar-refractivity contribution in [2.75, 3.05) is 41.4 Å². The van der Waals surface area contributed by atoms with Crippen LogP contribution in [0.1, 0.15) is 0 Å². The van der Waals surface area contributed by atoms with E-state index in [1.165, 1.54) is 11.4 Å². The molecule has 0 amide bonds. The van der Waals surface area contributed by atoms with Gasteiger partial charge in [0, 0.05) is 18.8 Å². The molecule has 112 valence electrons. The minimum Gasteiger partial charge on any atom is -0.368 e. The molecule has 1 fully saturated rings. The van der Waals surface area contributed by atoms with Crippen LogP contribution in [0.15, 0.2) is 54.6 Å². The van der Waals surface area contributed by atoms with Crippen molar-refractivity contribution in [3.63, 3.8) is 0 Å². The number of hydrogen-bond donors (Lipinski definition) is 1. The Hall–Kier alpha value is -2.27. The second-order valence-corrected chi connectivity index (χ2v) is 5.90. The van der Waals surface area contributed by atoms with Crippen LogP contribution >= 0.6 is 12.2 Å². The second-order valence-electron chi connectivity index (χ2n) is 5.52. The predicted octanol–water partition coefficient (Wildman–Crippen LogP) is 2.94. The normalized spacial score (nSPS) is 17.5. The maximum Gasteiger partial charge on any atom is 0.192 e. The van der Waals surface area contributed by atoms with Gasteiger partial charge in [-0.15, -0.1) is 0 Å². The number of nitrogens with one attached hydrogen (secondary N) is 1. The maximum atomic E-state index is 5.55. The topological polar surface area (TPSA) is 21.8 Å². The van der Waals surface area contributed by atoms with Crippen molar-refractivity contribution in [2.24, 2.45) is 0 Å². The Kier molecular flexibility index (Phi) is 3.35. The summed E-state index contributed by atoms with van der Waals surface area (Å²) < 4.78 is 0. The molecule has 2 heterocycles. The predicted molar refractivity (Wildman–Crippen MR) is 95.4 cm³/mol. The van der Waals surface area contributed by atoms with Gasteiger partial charge in [0.1, 0.15) is 0 Å². The van der Waals surface area contributed by atoms with Crippen LogP contribution in [-0.2, 0) is 0 Å². The third kappa shape index (κ3) is 2.27. The summed E-state index contributed by atoms with van der Waals surface area (Å²) in [6, 6.07) is 18.9. The summed E-state index contributed by atoms with van der Waals surface area (Å²) in [4.78, 5) is 2.42. The zero-order chi connectivity index (χ0) is 14.9. The van der Waals surface area contributed by atoms with E-state index in [9.17, 15) is 0 Å². The summed E-state index contributed by atoms with van der Waals surface area (Å²) in [6.07, 6.45) is 0. The number of benzene rings is 2. The Morgan fingerprint density at radius 1 is 0.773 bits per heavy atom. The summed E-state index contributed by atoms with van der Waals surface area (Å²) >= 11 is 5.55. The van der Waals surface area contributed by atoms with E-state index >= 15 is 0 Å². The van der Waals surface area contributed by atoms with Gasteiger partial charge in [-0.2, -0.15) is 0 Å². The van der Waals surface area contributed by atoms with E-state index in [0.717, 1.165) is 37.0 Å². The average molecular weight is 310 g/mol. The molecule has 4 rings (SSSR count). The molecule has 1 N–H and O–H groups in total. The Balaban J connectivity index is 1.63. The Morgan fingerprint density at radius 3 is 2.27 bits per heavy atom. The molecule has 2 aromatic rings. The van der Waals surface area contributed by atoms with Gasteiger partial charge in [-0.05, 0) is 36.5 Å². The van der Waals surface area contributed by atoms with Gasteiger partial charge in [0.05, 0.1) is 24.5 Å². The number of nitrogens with zero attached hydrogens (tertiary/aromatic N) is 3. The molecule has 4 nitrogen and oxygen atoms in total. The third-order valence-corrected chi connectivity index (χ3v) is 4.55. The molecule has 0 radical (unpaired) electrons. The molecule has 5 heteroatoms. The number of rotatable bonds is 1. The van der Waals surface area contributed by atoms with E-state index in [4.69, 9.17) is 12.2 Å². The molecule has 0 spiro atoms. The van der Waals surface area contributed by atoms with Crippen LogP contribution in [0.4, 0.5) is 17.1 Å². The van der Waals surface area contributed by atoms with Crippen LogP contribution in [0.3, 0.4) is 0 Å². The van der Waals surface area contributed by atoms with E-state index in [1.807, 2.05) is 6.07 Å². The monoisotopic (exact) mass is 310 g/mol. The highest BCUT2D eigenvalue weighted by molar-refractivity contribution is 7.80. The first-order valence-corrected chi connectivity index (χ1v) is 7.99. The van der Waals surface area contributed by atoms with Gasteiger partial charge in [-0.25, -0.2) is 0 Å². The zero-order valence-corrected chi connectivity index (χ0v) is 13.1. The number of para-hydroxylation sites is 3. The van der Waals surface area contributed by atoms with Crippen LogP contribution in [-0.4, -0.2) is 36.3 Å². The van der Waals surface area contributed by atoms with Gasteiger partial charge in [-0.1, -0.05) is 30.3 Å². The number of fused-ring (bicyclic) bond motifs is 3. The highest BCUT2D eigenvalue weighted by Crippen LogP contribution is 2.32. The fourth-order valence-electron chi connectivity index (χ4n) is 3.13. The van der Waals surface area contributed by atoms with Gasteiger partial charge < -0.3 is 10.2 Å². The lowest BCUT2D eigenvalue weighted by Crippen LogP contribution is -2.52. The molecule has 22 heavy (non-hydrogen) atoms. The summed E-state index contributed by atoms with van der Waals surface area (Å²) in [5, 5.41) is 8.61. The molecule has 0 aliphatic carbocycles. The minimum atomic E-state index is 0.786. The van der Waals surface area contributed by atoms with Gasteiger partial charge in [0.2, 0.25) is 0 Å². The zero-order valence-electron chi connectivity index (χ0n) is 12.3. The maximum absolute atomic E-state index is 5.55. The molecule has 2 aliphatic heterocycles. The third-order valence-electron chi connectivity index (χ3n) is 4.23. The SMILES string of the molecule is S=C1Nc2ccccc2N2CCN(c3ccccc3)CCN12. The minimum absolute atomic E-state index is 0.786. The van der Waals surface area contributed by atoms with Gasteiger partial charge in [0.15, 0.2) is 5.11 Å². The number of anilines is 3. The Bertz CT molecular complexity index is 688. The first-order chi connectivity index (χ1) is 10.8. The molecule has 1 saturated heterocycles. The number of thiocarbonyl (C=S) groups is 1. The van der Waals surface area contributed by atoms with Crippen LogP contribution in [0.25, 0.3) is 0 Å². The first kappa shape index (κ1) is 13.4. The van der Waals surface area contributed by atoms with Crippen LogP contribution in [0.2, 0.25) is 0 Å². The van der Waals surface area contributed by atoms with Crippen molar-refractivity contribution < 1.29 is 0 Å². The molecule has 0 aromatic heterocycles.